The third kappa shape index (κ3) is 3.19. The highest BCUT2D eigenvalue weighted by Gasteiger charge is 2.34. The van der Waals surface area contributed by atoms with Gasteiger partial charge in [-0.25, -0.2) is 4.98 Å². The Morgan fingerprint density at radius 2 is 1.54 bits per heavy atom. The zero-order valence-corrected chi connectivity index (χ0v) is 16.2. The van der Waals surface area contributed by atoms with Crippen LogP contribution in [0.15, 0.2) is 47.5 Å². The van der Waals surface area contributed by atoms with Crippen LogP contribution in [0.1, 0.15) is 33.6 Å². The zero-order valence-electron chi connectivity index (χ0n) is 14.7. The number of hydrogen-bond donors (Lipinski definition) is 0. The minimum absolute atomic E-state index is 0.227. The monoisotopic (exact) mass is 415 g/mol. The average Bonchev–Trinajstić information content (AvgIpc) is 2.92. The second-order valence-electron chi connectivity index (χ2n) is 6.54. The predicted molar refractivity (Wildman–Crippen MR) is 107 cm³/mol. The number of halogens is 2. The molecule has 3 aromatic rings. The van der Waals surface area contributed by atoms with E-state index in [-0.39, 0.29) is 17.4 Å². The van der Waals surface area contributed by atoms with E-state index >= 15 is 0 Å². The number of carbonyl (C=O) groups is 2. The number of aryl methyl sites for hydroxylation is 1. The van der Waals surface area contributed by atoms with Gasteiger partial charge >= 0.3 is 0 Å². The lowest BCUT2D eigenvalue weighted by Gasteiger charge is -2.14. The fraction of sp³-hybridized carbons (Fsp3) is 0.200. The molecule has 0 bridgehead atoms. The molecule has 0 spiro atoms. The summed E-state index contributed by atoms with van der Waals surface area (Å²) in [6.45, 7) is 0.717. The maximum atomic E-state index is 12.6. The van der Waals surface area contributed by atoms with Crippen LogP contribution in [0.5, 0.6) is 0 Å². The normalized spacial score (nSPS) is 13.4. The number of hydrogen-bond acceptors (Lipinski definition) is 4. The fourth-order valence-corrected chi connectivity index (χ4v) is 3.89. The van der Waals surface area contributed by atoms with Crippen molar-refractivity contribution < 1.29 is 9.59 Å². The van der Waals surface area contributed by atoms with Gasteiger partial charge in [-0.3, -0.25) is 23.9 Å². The van der Waals surface area contributed by atoms with Gasteiger partial charge in [-0.05, 0) is 37.1 Å². The van der Waals surface area contributed by atoms with Crippen LogP contribution in [0.2, 0.25) is 10.0 Å². The van der Waals surface area contributed by atoms with E-state index in [1.807, 2.05) is 0 Å². The summed E-state index contributed by atoms with van der Waals surface area (Å²) in [6.07, 6.45) is 2.63. The molecular formula is C20H15Cl2N3O3. The molecule has 1 aliphatic rings. The van der Waals surface area contributed by atoms with Gasteiger partial charge in [-0.1, -0.05) is 35.3 Å². The molecular weight excluding hydrogens is 401 g/mol. The quantitative estimate of drug-likeness (QED) is 0.469. The van der Waals surface area contributed by atoms with E-state index < -0.39 is 0 Å². The molecule has 0 saturated heterocycles. The van der Waals surface area contributed by atoms with E-state index in [0.29, 0.717) is 58.0 Å². The maximum absolute atomic E-state index is 12.6. The largest absolute Gasteiger partial charge is 0.299 e. The summed E-state index contributed by atoms with van der Waals surface area (Å²) in [5.74, 6) is -0.538. The van der Waals surface area contributed by atoms with Crippen molar-refractivity contribution in [3.63, 3.8) is 0 Å². The number of amides is 2. The molecule has 1 aromatic heterocycles. The summed E-state index contributed by atoms with van der Waals surface area (Å²) in [5.41, 5.74) is 1.07. The van der Waals surface area contributed by atoms with Crippen molar-refractivity contribution in [1.29, 1.82) is 0 Å². The molecule has 8 heteroatoms. The highest BCUT2D eigenvalue weighted by molar-refractivity contribution is 6.38. The Morgan fingerprint density at radius 3 is 2.21 bits per heavy atom. The first-order chi connectivity index (χ1) is 13.5. The SMILES string of the molecule is O=C1c2ccccc2C(=O)N1CCCCn1cnc2c(Cl)cc(Cl)cc2c1=O. The van der Waals surface area contributed by atoms with E-state index in [0.717, 1.165) is 0 Å². The number of fused-ring (bicyclic) bond motifs is 2. The summed E-state index contributed by atoms with van der Waals surface area (Å²) in [6, 6.07) is 9.90. The molecule has 0 atom stereocenters. The highest BCUT2D eigenvalue weighted by Crippen LogP contribution is 2.24. The fourth-order valence-electron chi connectivity index (χ4n) is 3.35. The Hall–Kier alpha value is -2.70. The predicted octanol–water partition coefficient (Wildman–Crippen LogP) is 3.78. The van der Waals surface area contributed by atoms with Crippen molar-refractivity contribution in [2.45, 2.75) is 19.4 Å². The molecule has 0 N–H and O–H groups in total. The van der Waals surface area contributed by atoms with E-state index in [2.05, 4.69) is 4.98 Å². The average molecular weight is 416 g/mol. The highest BCUT2D eigenvalue weighted by atomic mass is 35.5. The molecule has 6 nitrogen and oxygen atoms in total. The molecule has 0 unspecified atom stereocenters. The van der Waals surface area contributed by atoms with Crippen molar-refractivity contribution >= 4 is 45.9 Å². The number of imide groups is 1. The lowest BCUT2D eigenvalue weighted by atomic mass is 10.1. The number of carbonyl (C=O) groups excluding carboxylic acids is 2. The Kier molecular flexibility index (Phi) is 4.91. The van der Waals surface area contributed by atoms with Crippen molar-refractivity contribution in [3.8, 4) is 0 Å². The van der Waals surface area contributed by atoms with Crippen LogP contribution in [-0.2, 0) is 6.54 Å². The van der Waals surface area contributed by atoms with E-state index in [9.17, 15) is 14.4 Å². The molecule has 0 fully saturated rings. The van der Waals surface area contributed by atoms with Crippen LogP contribution in [0.25, 0.3) is 10.9 Å². The first-order valence-electron chi connectivity index (χ1n) is 8.77. The van der Waals surface area contributed by atoms with Gasteiger partial charge in [0.15, 0.2) is 0 Å². The molecule has 2 aromatic carbocycles. The van der Waals surface area contributed by atoms with Gasteiger partial charge in [-0.15, -0.1) is 0 Å². The van der Waals surface area contributed by atoms with Crippen LogP contribution in [0, 0.1) is 0 Å². The standard InChI is InChI=1S/C20H15Cl2N3O3/c21-12-9-15-17(16(22)10-12)23-11-24(18(15)26)7-3-4-8-25-19(27)13-5-1-2-6-14(13)20(25)28/h1-2,5-6,9-11H,3-4,7-8H2. The van der Waals surface area contributed by atoms with Gasteiger partial charge in [0.25, 0.3) is 17.4 Å². The topological polar surface area (TPSA) is 72.3 Å². The Labute approximate surface area is 170 Å². The molecule has 0 saturated carbocycles. The molecule has 0 aliphatic carbocycles. The van der Waals surface area contributed by atoms with Crippen LogP contribution in [-0.4, -0.2) is 32.8 Å². The maximum Gasteiger partial charge on any atom is 0.261 e. The second kappa shape index (κ2) is 7.37. The zero-order chi connectivity index (χ0) is 19.8. The molecule has 2 amide bonds. The minimum Gasteiger partial charge on any atom is -0.299 e. The molecule has 1 aliphatic heterocycles. The number of unbranched alkanes of at least 4 members (excludes halogenated alkanes) is 1. The molecule has 2 heterocycles. The summed E-state index contributed by atoms with van der Waals surface area (Å²) in [4.78, 5) is 42.8. The number of nitrogens with zero attached hydrogens (tertiary/aromatic N) is 3. The first kappa shape index (κ1) is 18.7. The third-order valence-electron chi connectivity index (χ3n) is 4.75. The van der Waals surface area contributed by atoms with E-state index in [1.165, 1.54) is 15.8 Å². The van der Waals surface area contributed by atoms with E-state index in [4.69, 9.17) is 23.2 Å². The van der Waals surface area contributed by atoms with Gasteiger partial charge in [-0.2, -0.15) is 0 Å². The summed E-state index contributed by atoms with van der Waals surface area (Å²) in [5, 5.41) is 1.07. The lowest BCUT2D eigenvalue weighted by Crippen LogP contribution is -2.31. The van der Waals surface area contributed by atoms with Gasteiger partial charge in [0.1, 0.15) is 0 Å². The van der Waals surface area contributed by atoms with Gasteiger partial charge in [0.2, 0.25) is 0 Å². The summed E-state index contributed by atoms with van der Waals surface area (Å²) in [7, 11) is 0. The van der Waals surface area contributed by atoms with Gasteiger partial charge in [0, 0.05) is 18.1 Å². The van der Waals surface area contributed by atoms with Crippen LogP contribution < -0.4 is 5.56 Å². The van der Waals surface area contributed by atoms with Gasteiger partial charge < -0.3 is 0 Å². The second-order valence-corrected chi connectivity index (χ2v) is 7.39. The van der Waals surface area contributed by atoms with Crippen molar-refractivity contribution in [3.05, 3.63) is 74.3 Å². The van der Waals surface area contributed by atoms with Crippen LogP contribution in [0.3, 0.4) is 0 Å². The third-order valence-corrected chi connectivity index (χ3v) is 5.26. The van der Waals surface area contributed by atoms with Crippen molar-refractivity contribution in [1.82, 2.24) is 14.5 Å². The summed E-state index contributed by atoms with van der Waals surface area (Å²) >= 11 is 12.1. The minimum atomic E-state index is -0.269. The van der Waals surface area contributed by atoms with Crippen LogP contribution in [0.4, 0.5) is 0 Å². The molecule has 0 radical (unpaired) electrons. The summed E-state index contributed by atoms with van der Waals surface area (Å²) < 4.78 is 1.48. The van der Waals surface area contributed by atoms with E-state index in [1.54, 1.807) is 36.4 Å². The lowest BCUT2D eigenvalue weighted by molar-refractivity contribution is 0.0651. The number of aromatic nitrogens is 2. The first-order valence-corrected chi connectivity index (χ1v) is 9.52. The smallest absolute Gasteiger partial charge is 0.261 e. The Morgan fingerprint density at radius 1 is 0.893 bits per heavy atom. The van der Waals surface area contributed by atoms with Gasteiger partial charge in [0.05, 0.1) is 33.4 Å². The van der Waals surface area contributed by atoms with Crippen molar-refractivity contribution in [2.75, 3.05) is 6.54 Å². The Balaban J connectivity index is 1.43. The molecule has 28 heavy (non-hydrogen) atoms. The Bertz CT molecular complexity index is 1140. The molecule has 4 rings (SSSR count). The number of benzene rings is 2. The molecule has 142 valence electrons. The number of rotatable bonds is 5. The van der Waals surface area contributed by atoms with Crippen LogP contribution >= 0.6 is 23.2 Å². The van der Waals surface area contributed by atoms with Crippen molar-refractivity contribution in [2.24, 2.45) is 0 Å².